The van der Waals surface area contributed by atoms with E-state index in [-0.39, 0.29) is 17.0 Å². The highest BCUT2D eigenvalue weighted by Gasteiger charge is 2.23. The minimum atomic E-state index is -1.20. The molecule has 3 aromatic rings. The molecule has 1 aromatic heterocycles. The van der Waals surface area contributed by atoms with Crippen molar-refractivity contribution < 1.29 is 19.6 Å². The largest absolute Gasteiger partial charge is 0.479 e. The molecule has 0 aliphatic rings. The standard InChI is InChI=1S/C22H21BrN4O6/c1-12(20(29)30)33-18-8-6-15(27(31)32)9-13(18)11-24-26-19(28)16-10-14(23)5-7-17(16)25-21(26)22(2,3)4/h5-12H,1-4H3,(H,29,30)/t12-/m0/s1. The number of rotatable bonds is 6. The average Bonchev–Trinajstić information content (AvgIpc) is 2.73. The van der Waals surface area contributed by atoms with E-state index in [4.69, 9.17) is 9.84 Å². The second-order valence-corrected chi connectivity index (χ2v) is 9.20. The normalized spacial score (nSPS) is 12.8. The van der Waals surface area contributed by atoms with Gasteiger partial charge in [0.1, 0.15) is 11.6 Å². The molecule has 3 rings (SSSR count). The number of carboxylic acids is 1. The first-order valence-corrected chi connectivity index (χ1v) is 10.6. The van der Waals surface area contributed by atoms with Gasteiger partial charge >= 0.3 is 5.97 Å². The Morgan fingerprint density at radius 2 is 2.00 bits per heavy atom. The molecule has 1 atom stereocenters. The highest BCUT2D eigenvalue weighted by molar-refractivity contribution is 9.10. The van der Waals surface area contributed by atoms with Crippen LogP contribution in [0.25, 0.3) is 10.9 Å². The monoisotopic (exact) mass is 516 g/mol. The number of benzene rings is 2. The molecule has 0 radical (unpaired) electrons. The number of aromatic nitrogens is 2. The third-order valence-corrected chi connectivity index (χ3v) is 5.14. The van der Waals surface area contributed by atoms with Crippen molar-refractivity contribution in [1.29, 1.82) is 0 Å². The van der Waals surface area contributed by atoms with Gasteiger partial charge in [0.2, 0.25) is 0 Å². The van der Waals surface area contributed by atoms with Crippen LogP contribution in [0.2, 0.25) is 0 Å². The van der Waals surface area contributed by atoms with E-state index in [2.05, 4.69) is 26.0 Å². The van der Waals surface area contributed by atoms with Gasteiger partial charge in [-0.3, -0.25) is 14.9 Å². The molecule has 1 heterocycles. The van der Waals surface area contributed by atoms with Crippen LogP contribution in [0, 0.1) is 10.1 Å². The van der Waals surface area contributed by atoms with Crippen molar-refractivity contribution in [1.82, 2.24) is 9.66 Å². The van der Waals surface area contributed by atoms with E-state index < -0.39 is 28.0 Å². The first-order valence-electron chi connectivity index (χ1n) is 9.83. The van der Waals surface area contributed by atoms with E-state index in [9.17, 15) is 19.7 Å². The molecule has 172 valence electrons. The molecule has 0 fully saturated rings. The Labute approximate surface area is 196 Å². The minimum absolute atomic E-state index is 0.0705. The summed E-state index contributed by atoms with van der Waals surface area (Å²) in [7, 11) is 0. The van der Waals surface area contributed by atoms with Gasteiger partial charge in [0.05, 0.1) is 22.0 Å². The SMILES string of the molecule is C[C@H](Oc1ccc([N+](=O)[O-])cc1C=Nn1c(C(C)(C)C)nc2ccc(Br)cc2c1=O)C(=O)O. The van der Waals surface area contributed by atoms with Crippen molar-refractivity contribution in [3.05, 3.63) is 72.7 Å². The highest BCUT2D eigenvalue weighted by Crippen LogP contribution is 2.25. The molecule has 0 aliphatic carbocycles. The van der Waals surface area contributed by atoms with Gasteiger partial charge in [-0.05, 0) is 31.2 Å². The van der Waals surface area contributed by atoms with Gasteiger partial charge in [-0.1, -0.05) is 36.7 Å². The Bertz CT molecular complexity index is 1340. The lowest BCUT2D eigenvalue weighted by molar-refractivity contribution is -0.384. The highest BCUT2D eigenvalue weighted by atomic mass is 79.9. The third kappa shape index (κ3) is 5.25. The summed E-state index contributed by atoms with van der Waals surface area (Å²) in [5.74, 6) is -0.752. The maximum absolute atomic E-state index is 13.3. The van der Waals surface area contributed by atoms with Crippen LogP contribution in [0.3, 0.4) is 0 Å². The second kappa shape index (κ2) is 9.10. The topological polar surface area (TPSA) is 137 Å². The van der Waals surface area contributed by atoms with Crippen LogP contribution in [0.4, 0.5) is 5.69 Å². The Morgan fingerprint density at radius 3 is 2.61 bits per heavy atom. The molecule has 0 saturated carbocycles. The van der Waals surface area contributed by atoms with Gasteiger partial charge < -0.3 is 9.84 Å². The van der Waals surface area contributed by atoms with E-state index >= 15 is 0 Å². The van der Waals surface area contributed by atoms with Gasteiger partial charge in [0.25, 0.3) is 11.2 Å². The number of hydrogen-bond donors (Lipinski definition) is 1. The average molecular weight is 517 g/mol. The maximum atomic E-state index is 13.3. The molecule has 0 saturated heterocycles. The van der Waals surface area contributed by atoms with Crippen LogP contribution in [-0.4, -0.2) is 38.0 Å². The molecular weight excluding hydrogens is 496 g/mol. The molecule has 1 N–H and O–H groups in total. The molecular formula is C22H21BrN4O6. The first-order chi connectivity index (χ1) is 15.4. The van der Waals surface area contributed by atoms with E-state index in [1.807, 2.05) is 20.8 Å². The van der Waals surface area contributed by atoms with Crippen LogP contribution in [0.5, 0.6) is 5.75 Å². The van der Waals surface area contributed by atoms with Crippen molar-refractivity contribution in [2.24, 2.45) is 5.10 Å². The van der Waals surface area contributed by atoms with Crippen LogP contribution >= 0.6 is 15.9 Å². The van der Waals surface area contributed by atoms with Crippen molar-refractivity contribution in [3.63, 3.8) is 0 Å². The lowest BCUT2D eigenvalue weighted by Crippen LogP contribution is -2.29. The number of ether oxygens (including phenoxy) is 1. The summed E-state index contributed by atoms with van der Waals surface area (Å²) in [6.07, 6.45) is 0.0186. The Kier molecular flexibility index (Phi) is 6.63. The quantitative estimate of drug-likeness (QED) is 0.295. The zero-order valence-electron chi connectivity index (χ0n) is 18.3. The van der Waals surface area contributed by atoms with Crippen LogP contribution in [0.15, 0.2) is 50.8 Å². The molecule has 0 spiro atoms. The smallest absolute Gasteiger partial charge is 0.344 e. The molecule has 0 amide bonds. The molecule has 10 nitrogen and oxygen atoms in total. The third-order valence-electron chi connectivity index (χ3n) is 4.65. The number of carboxylic acid groups (broad SMARTS) is 1. The Hall–Kier alpha value is -3.60. The van der Waals surface area contributed by atoms with Crippen molar-refractivity contribution in [3.8, 4) is 5.75 Å². The molecule has 2 aromatic carbocycles. The van der Waals surface area contributed by atoms with Crippen molar-refractivity contribution in [2.75, 3.05) is 0 Å². The molecule has 33 heavy (non-hydrogen) atoms. The van der Waals surface area contributed by atoms with Gasteiger partial charge in [-0.2, -0.15) is 9.78 Å². The zero-order valence-corrected chi connectivity index (χ0v) is 19.9. The lowest BCUT2D eigenvalue weighted by atomic mass is 9.95. The second-order valence-electron chi connectivity index (χ2n) is 8.29. The number of halogens is 1. The molecule has 0 unspecified atom stereocenters. The fourth-order valence-corrected chi connectivity index (χ4v) is 3.32. The fourth-order valence-electron chi connectivity index (χ4n) is 2.96. The van der Waals surface area contributed by atoms with E-state index in [0.717, 1.165) is 4.68 Å². The summed E-state index contributed by atoms with van der Waals surface area (Å²) in [5.41, 5.74) is -0.574. The minimum Gasteiger partial charge on any atom is -0.479 e. The van der Waals surface area contributed by atoms with E-state index in [1.165, 1.54) is 31.3 Å². The van der Waals surface area contributed by atoms with Crippen molar-refractivity contribution >= 4 is 44.7 Å². The zero-order chi connectivity index (χ0) is 24.5. The van der Waals surface area contributed by atoms with Crippen LogP contribution < -0.4 is 10.3 Å². The Balaban J connectivity index is 2.21. The maximum Gasteiger partial charge on any atom is 0.344 e. The number of carbonyl (C=O) groups is 1. The number of nitro groups is 1. The number of fused-ring (bicyclic) bond motifs is 1. The summed E-state index contributed by atoms with van der Waals surface area (Å²) < 4.78 is 7.26. The number of hydrogen-bond acceptors (Lipinski definition) is 7. The predicted molar refractivity (Wildman–Crippen MR) is 126 cm³/mol. The molecule has 0 aliphatic heterocycles. The molecule has 11 heteroatoms. The molecule has 0 bridgehead atoms. The van der Waals surface area contributed by atoms with E-state index in [1.54, 1.807) is 18.2 Å². The summed E-state index contributed by atoms with van der Waals surface area (Å²) in [6, 6.07) is 8.83. The van der Waals surface area contributed by atoms with Crippen molar-refractivity contribution in [2.45, 2.75) is 39.2 Å². The van der Waals surface area contributed by atoms with Crippen LogP contribution in [-0.2, 0) is 10.2 Å². The number of nitro benzene ring substituents is 1. The van der Waals surface area contributed by atoms with Gasteiger partial charge in [0, 0.05) is 27.6 Å². The summed E-state index contributed by atoms with van der Waals surface area (Å²) in [4.78, 5) is 39.7. The number of aliphatic carboxylic acids is 1. The summed E-state index contributed by atoms with van der Waals surface area (Å²) in [6.45, 7) is 6.96. The number of nitrogens with zero attached hydrogens (tertiary/aromatic N) is 4. The Morgan fingerprint density at radius 1 is 1.30 bits per heavy atom. The van der Waals surface area contributed by atoms with Gasteiger partial charge in [0.15, 0.2) is 6.10 Å². The van der Waals surface area contributed by atoms with E-state index in [0.29, 0.717) is 21.2 Å². The first kappa shape index (κ1) is 24.1. The summed E-state index contributed by atoms with van der Waals surface area (Å²) in [5, 5.41) is 25.0. The van der Waals surface area contributed by atoms with Gasteiger partial charge in [-0.15, -0.1) is 0 Å². The fraction of sp³-hybridized carbons (Fsp3) is 0.273. The van der Waals surface area contributed by atoms with Gasteiger partial charge in [-0.25, -0.2) is 9.78 Å². The predicted octanol–water partition coefficient (Wildman–Crippen LogP) is 4.10. The van der Waals surface area contributed by atoms with Crippen LogP contribution in [0.1, 0.15) is 39.1 Å². The summed E-state index contributed by atoms with van der Waals surface area (Å²) >= 11 is 3.35. The number of non-ortho nitro benzene ring substituents is 1. The lowest BCUT2D eigenvalue weighted by Gasteiger charge is -2.21.